The zero-order valence-corrected chi connectivity index (χ0v) is 8.00. The minimum atomic E-state index is -1.18. The highest BCUT2D eigenvalue weighted by atomic mass is 32.2. The Morgan fingerprint density at radius 2 is 2.08 bits per heavy atom. The van der Waals surface area contributed by atoms with Gasteiger partial charge in [-0.2, -0.15) is 11.8 Å². The van der Waals surface area contributed by atoms with Crippen LogP contribution in [0.1, 0.15) is 6.42 Å². The van der Waals surface area contributed by atoms with Gasteiger partial charge in [0.25, 0.3) is 0 Å². The third-order valence-electron chi connectivity index (χ3n) is 1.14. The molecule has 0 aliphatic carbocycles. The second-order valence-electron chi connectivity index (χ2n) is 2.19. The number of amides is 1. The van der Waals surface area contributed by atoms with E-state index in [1.807, 2.05) is 6.26 Å². The summed E-state index contributed by atoms with van der Waals surface area (Å²) < 4.78 is 0. The highest BCUT2D eigenvalue weighted by molar-refractivity contribution is 7.98. The first-order chi connectivity index (χ1) is 6.07. The zero-order valence-electron chi connectivity index (χ0n) is 7.19. The second-order valence-corrected chi connectivity index (χ2v) is 3.18. The highest BCUT2D eigenvalue weighted by Gasteiger charge is 2.16. The summed E-state index contributed by atoms with van der Waals surface area (Å²) in [5, 5.41) is 0. The van der Waals surface area contributed by atoms with Crippen LogP contribution in [0.3, 0.4) is 0 Å². The van der Waals surface area contributed by atoms with Gasteiger partial charge < -0.3 is 11.5 Å². The number of hydrogen-bond donors (Lipinski definition) is 2. The van der Waals surface area contributed by atoms with Gasteiger partial charge in [-0.3, -0.25) is 0 Å². The van der Waals surface area contributed by atoms with Crippen molar-refractivity contribution in [2.45, 2.75) is 12.5 Å². The molecule has 0 spiro atoms. The molecule has 0 unspecified atom stereocenters. The maximum atomic E-state index is 10.9. The summed E-state index contributed by atoms with van der Waals surface area (Å²) in [4.78, 5) is 28.7. The SMILES string of the molecule is CSCC[C@H](N)C(=O)OOC(N)=O. The lowest BCUT2D eigenvalue weighted by atomic mass is 10.2. The Morgan fingerprint density at radius 1 is 1.46 bits per heavy atom. The maximum Gasteiger partial charge on any atom is 0.447 e. The summed E-state index contributed by atoms with van der Waals surface area (Å²) in [5.74, 6) is -0.0693. The van der Waals surface area contributed by atoms with Gasteiger partial charge in [0, 0.05) is 0 Å². The fraction of sp³-hybridized carbons (Fsp3) is 0.667. The van der Waals surface area contributed by atoms with E-state index in [0.29, 0.717) is 6.42 Å². The predicted molar refractivity (Wildman–Crippen MR) is 47.7 cm³/mol. The van der Waals surface area contributed by atoms with Gasteiger partial charge in [-0.25, -0.2) is 19.4 Å². The lowest BCUT2D eigenvalue weighted by Gasteiger charge is -2.07. The lowest BCUT2D eigenvalue weighted by Crippen LogP contribution is -2.34. The van der Waals surface area contributed by atoms with Crippen LogP contribution in [-0.2, 0) is 14.6 Å². The number of primary amides is 1. The van der Waals surface area contributed by atoms with Crippen molar-refractivity contribution in [2.75, 3.05) is 12.0 Å². The summed E-state index contributed by atoms with van der Waals surface area (Å²) in [6, 6.07) is -0.785. The summed E-state index contributed by atoms with van der Waals surface area (Å²) >= 11 is 1.55. The molecule has 13 heavy (non-hydrogen) atoms. The first-order valence-corrected chi connectivity index (χ1v) is 4.89. The highest BCUT2D eigenvalue weighted by Crippen LogP contribution is 2.00. The molecule has 0 saturated heterocycles. The molecule has 0 saturated carbocycles. The van der Waals surface area contributed by atoms with Crippen LogP contribution in [0.15, 0.2) is 0 Å². The zero-order chi connectivity index (χ0) is 10.3. The van der Waals surface area contributed by atoms with E-state index in [9.17, 15) is 9.59 Å². The molecule has 0 aliphatic heterocycles. The van der Waals surface area contributed by atoms with Crippen LogP contribution in [0.2, 0.25) is 0 Å². The van der Waals surface area contributed by atoms with E-state index in [2.05, 4.69) is 15.5 Å². The van der Waals surface area contributed by atoms with Crippen LogP contribution in [0.5, 0.6) is 0 Å². The Morgan fingerprint density at radius 3 is 2.54 bits per heavy atom. The Kier molecular flexibility index (Phi) is 6.07. The molecule has 7 heteroatoms. The maximum absolute atomic E-state index is 10.9. The minimum Gasteiger partial charge on any atom is -0.332 e. The van der Waals surface area contributed by atoms with Crippen molar-refractivity contribution in [3.05, 3.63) is 0 Å². The summed E-state index contributed by atoms with van der Waals surface area (Å²) in [6.07, 6.45) is 1.17. The quantitative estimate of drug-likeness (QED) is 0.482. The molecule has 0 bridgehead atoms. The van der Waals surface area contributed by atoms with Gasteiger partial charge in [-0.15, -0.1) is 0 Å². The molecule has 0 radical (unpaired) electrons. The fourth-order valence-corrected chi connectivity index (χ4v) is 0.996. The molecule has 1 atom stereocenters. The number of carbonyl (C=O) groups excluding carboxylic acids is 2. The van der Waals surface area contributed by atoms with Crippen molar-refractivity contribution in [1.29, 1.82) is 0 Å². The first-order valence-electron chi connectivity index (χ1n) is 3.50. The van der Waals surface area contributed by atoms with Crippen LogP contribution < -0.4 is 11.5 Å². The molecule has 6 nitrogen and oxygen atoms in total. The largest absolute Gasteiger partial charge is 0.447 e. The standard InChI is InChI=1S/C6H12N2O4S/c1-13-3-2-4(7)5(9)11-12-6(8)10/h4H,2-3,7H2,1H3,(H2,8,10)/t4-/m0/s1. The monoisotopic (exact) mass is 208 g/mol. The molecular weight excluding hydrogens is 196 g/mol. The van der Waals surface area contributed by atoms with E-state index < -0.39 is 18.1 Å². The van der Waals surface area contributed by atoms with Crippen LogP contribution in [-0.4, -0.2) is 30.1 Å². The minimum absolute atomic E-state index is 0.460. The Bertz CT molecular complexity index is 187. The van der Waals surface area contributed by atoms with Gasteiger partial charge in [0.15, 0.2) is 0 Å². The summed E-state index contributed by atoms with van der Waals surface area (Å²) in [5.41, 5.74) is 9.93. The van der Waals surface area contributed by atoms with E-state index in [-0.39, 0.29) is 0 Å². The topological polar surface area (TPSA) is 105 Å². The first kappa shape index (κ1) is 12.0. The average molecular weight is 208 g/mol. The Balaban J connectivity index is 3.63. The molecular formula is C6H12N2O4S. The number of nitrogens with two attached hydrogens (primary N) is 2. The van der Waals surface area contributed by atoms with Crippen molar-refractivity contribution in [1.82, 2.24) is 0 Å². The number of thioether (sulfide) groups is 1. The summed E-state index contributed by atoms with van der Waals surface area (Å²) in [7, 11) is 0. The van der Waals surface area contributed by atoms with Gasteiger partial charge >= 0.3 is 12.1 Å². The predicted octanol–water partition coefficient (Wildman–Crippen LogP) is -0.380. The van der Waals surface area contributed by atoms with Crippen LogP contribution in [0, 0.1) is 0 Å². The molecule has 0 aromatic carbocycles. The van der Waals surface area contributed by atoms with E-state index >= 15 is 0 Å². The Labute approximate surface area is 79.8 Å². The summed E-state index contributed by atoms with van der Waals surface area (Å²) in [6.45, 7) is 0. The van der Waals surface area contributed by atoms with E-state index in [1.54, 1.807) is 11.8 Å². The van der Waals surface area contributed by atoms with Crippen molar-refractivity contribution in [2.24, 2.45) is 11.5 Å². The number of rotatable bonds is 4. The molecule has 0 heterocycles. The van der Waals surface area contributed by atoms with Gasteiger partial charge in [0.2, 0.25) is 0 Å². The van der Waals surface area contributed by atoms with Crippen LogP contribution in [0.25, 0.3) is 0 Å². The van der Waals surface area contributed by atoms with E-state index in [0.717, 1.165) is 5.75 Å². The van der Waals surface area contributed by atoms with E-state index in [1.165, 1.54) is 0 Å². The second kappa shape index (κ2) is 6.55. The van der Waals surface area contributed by atoms with Gasteiger partial charge in [-0.05, 0) is 18.4 Å². The molecule has 4 N–H and O–H groups in total. The fourth-order valence-electron chi connectivity index (χ4n) is 0.507. The van der Waals surface area contributed by atoms with Gasteiger partial charge in [0.05, 0.1) is 0 Å². The third kappa shape index (κ3) is 6.23. The molecule has 0 aromatic heterocycles. The lowest BCUT2D eigenvalue weighted by molar-refractivity contribution is -0.232. The molecule has 0 aliphatic rings. The average Bonchev–Trinajstić information content (AvgIpc) is 2.10. The molecule has 0 rings (SSSR count). The molecule has 0 fully saturated rings. The van der Waals surface area contributed by atoms with Crippen molar-refractivity contribution >= 4 is 23.8 Å². The third-order valence-corrected chi connectivity index (χ3v) is 1.79. The molecule has 1 amide bonds. The van der Waals surface area contributed by atoms with Crippen molar-refractivity contribution < 1.29 is 19.4 Å². The molecule has 76 valence electrons. The number of carbonyl (C=O) groups is 2. The van der Waals surface area contributed by atoms with Crippen LogP contribution >= 0.6 is 11.8 Å². The number of hydrogen-bond acceptors (Lipinski definition) is 6. The molecule has 0 aromatic rings. The van der Waals surface area contributed by atoms with Gasteiger partial charge in [-0.1, -0.05) is 0 Å². The van der Waals surface area contributed by atoms with Crippen molar-refractivity contribution in [3.63, 3.8) is 0 Å². The van der Waals surface area contributed by atoms with Gasteiger partial charge in [0.1, 0.15) is 6.04 Å². The van der Waals surface area contributed by atoms with E-state index in [4.69, 9.17) is 5.73 Å². The smallest absolute Gasteiger partial charge is 0.332 e. The Hall–Kier alpha value is -0.950. The normalized spacial score (nSPS) is 11.8. The van der Waals surface area contributed by atoms with Crippen LogP contribution in [0.4, 0.5) is 4.79 Å². The van der Waals surface area contributed by atoms with Crippen molar-refractivity contribution in [3.8, 4) is 0 Å².